The van der Waals surface area contributed by atoms with Crippen molar-refractivity contribution in [3.8, 4) is 11.5 Å². The molecule has 1 saturated heterocycles. The number of benzene rings is 2. The van der Waals surface area contributed by atoms with Crippen LogP contribution >= 0.6 is 11.6 Å². The number of hydrogen-bond donors (Lipinski definition) is 2. The Morgan fingerprint density at radius 3 is 2.59 bits per heavy atom. The van der Waals surface area contributed by atoms with Crippen molar-refractivity contribution in [2.75, 3.05) is 26.1 Å². The number of carbonyl (C=O) groups is 1. The third-order valence-corrected chi connectivity index (χ3v) is 7.73. The van der Waals surface area contributed by atoms with Crippen molar-refractivity contribution in [1.29, 1.82) is 0 Å². The van der Waals surface area contributed by atoms with Crippen LogP contribution in [0.2, 0.25) is 5.02 Å². The Morgan fingerprint density at radius 2 is 1.91 bits per heavy atom. The van der Waals surface area contributed by atoms with Crippen LogP contribution in [0.5, 0.6) is 11.5 Å². The third-order valence-electron chi connectivity index (χ3n) is 7.44. The molecule has 1 aliphatic heterocycles. The van der Waals surface area contributed by atoms with Gasteiger partial charge in [-0.1, -0.05) is 17.7 Å². The number of nitrogens with one attached hydrogen (secondary N) is 2. The van der Waals surface area contributed by atoms with E-state index in [1.165, 1.54) is 23.8 Å². The first-order valence-electron chi connectivity index (χ1n) is 11.8. The average Bonchev–Trinajstić information content (AvgIpc) is 3.21. The molecule has 1 aliphatic carbocycles. The van der Waals surface area contributed by atoms with E-state index < -0.39 is 5.82 Å². The molecule has 3 unspecified atom stereocenters. The first-order valence-corrected chi connectivity index (χ1v) is 12.2. The quantitative estimate of drug-likeness (QED) is 0.555. The molecule has 3 atom stereocenters. The van der Waals surface area contributed by atoms with E-state index in [0.717, 1.165) is 43.7 Å². The number of amides is 2. The minimum atomic E-state index is -0.513. The molecular weight excluding hydrogens is 457 g/mol. The van der Waals surface area contributed by atoms with Crippen molar-refractivity contribution in [2.45, 2.75) is 63.1 Å². The summed E-state index contributed by atoms with van der Waals surface area (Å²) in [6, 6.07) is 10.9. The number of ether oxygens (including phenoxy) is 2. The first kappa shape index (κ1) is 24.6. The molecule has 4 rings (SSSR count). The highest BCUT2D eigenvalue weighted by atomic mass is 35.5. The average molecular weight is 490 g/mol. The topological polar surface area (TPSA) is 62.8 Å². The molecule has 8 heteroatoms. The molecule has 34 heavy (non-hydrogen) atoms. The van der Waals surface area contributed by atoms with Gasteiger partial charge < -0.3 is 20.1 Å². The van der Waals surface area contributed by atoms with Gasteiger partial charge in [-0.15, -0.1) is 0 Å². The van der Waals surface area contributed by atoms with Crippen LogP contribution in [-0.4, -0.2) is 49.8 Å². The largest absolute Gasteiger partial charge is 0.493 e. The molecule has 1 saturated carbocycles. The summed E-state index contributed by atoms with van der Waals surface area (Å²) in [6.45, 7) is 5.48. The summed E-state index contributed by atoms with van der Waals surface area (Å²) in [5.41, 5.74) is 1.73. The molecule has 2 aromatic carbocycles. The molecule has 6 nitrogen and oxygen atoms in total. The molecule has 2 aromatic rings. The molecule has 2 N–H and O–H groups in total. The molecular formula is C26H33ClFN3O3. The maximum absolute atomic E-state index is 13.4. The van der Waals surface area contributed by atoms with Gasteiger partial charge >= 0.3 is 6.03 Å². The summed E-state index contributed by atoms with van der Waals surface area (Å²) in [7, 11) is 3.32. The highest BCUT2D eigenvalue weighted by molar-refractivity contribution is 6.31. The fourth-order valence-corrected chi connectivity index (χ4v) is 5.92. The van der Waals surface area contributed by atoms with Crippen molar-refractivity contribution in [2.24, 2.45) is 0 Å². The molecule has 0 bridgehead atoms. The molecule has 2 amide bonds. The fourth-order valence-electron chi connectivity index (χ4n) is 5.74. The summed E-state index contributed by atoms with van der Waals surface area (Å²) in [5.74, 6) is 0.959. The second kappa shape index (κ2) is 10.0. The molecule has 2 fully saturated rings. The zero-order chi connectivity index (χ0) is 24.5. The lowest BCUT2D eigenvalue weighted by molar-refractivity contribution is 0.113. The van der Waals surface area contributed by atoms with Crippen LogP contribution in [0.4, 0.5) is 14.9 Å². The van der Waals surface area contributed by atoms with Crippen LogP contribution < -0.4 is 20.1 Å². The molecule has 1 heterocycles. The van der Waals surface area contributed by atoms with Gasteiger partial charge in [0.15, 0.2) is 11.5 Å². The number of methoxy groups -OCH3 is 2. The van der Waals surface area contributed by atoms with Crippen LogP contribution in [0.15, 0.2) is 36.4 Å². The minimum Gasteiger partial charge on any atom is -0.493 e. The van der Waals surface area contributed by atoms with E-state index in [1.54, 1.807) is 14.2 Å². The summed E-state index contributed by atoms with van der Waals surface area (Å²) in [6.07, 6.45) is 3.75. The van der Waals surface area contributed by atoms with Gasteiger partial charge in [0.25, 0.3) is 0 Å². The minimum absolute atomic E-state index is 0.00294. The number of urea groups is 1. The number of halogens is 2. The number of rotatable bonds is 6. The van der Waals surface area contributed by atoms with Crippen LogP contribution in [0.1, 0.15) is 45.1 Å². The number of likely N-dealkylation sites (tertiary alicyclic amines) is 1. The van der Waals surface area contributed by atoms with Gasteiger partial charge in [0.2, 0.25) is 0 Å². The molecule has 0 radical (unpaired) electrons. The van der Waals surface area contributed by atoms with Crippen molar-refractivity contribution in [3.63, 3.8) is 0 Å². The summed E-state index contributed by atoms with van der Waals surface area (Å²) < 4.78 is 24.5. The van der Waals surface area contributed by atoms with Crippen LogP contribution in [0.25, 0.3) is 0 Å². The number of nitrogens with zero attached hydrogens (tertiary/aromatic N) is 1. The van der Waals surface area contributed by atoms with Gasteiger partial charge in [-0.2, -0.15) is 0 Å². The van der Waals surface area contributed by atoms with E-state index in [1.807, 2.05) is 6.07 Å². The predicted molar refractivity (Wildman–Crippen MR) is 133 cm³/mol. The van der Waals surface area contributed by atoms with Crippen LogP contribution in [0, 0.1) is 5.82 Å². The van der Waals surface area contributed by atoms with Gasteiger partial charge in [-0.25, -0.2) is 9.18 Å². The van der Waals surface area contributed by atoms with E-state index in [0.29, 0.717) is 17.8 Å². The smallest absolute Gasteiger partial charge is 0.319 e. The van der Waals surface area contributed by atoms with E-state index in [2.05, 4.69) is 41.5 Å². The fraction of sp³-hybridized carbons (Fsp3) is 0.500. The second-order valence-electron chi connectivity index (χ2n) is 9.52. The lowest BCUT2D eigenvalue weighted by atomic mass is 9.65. The Kier molecular flexibility index (Phi) is 7.24. The Morgan fingerprint density at radius 1 is 1.15 bits per heavy atom. The molecule has 0 spiro atoms. The highest BCUT2D eigenvalue weighted by Gasteiger charge is 2.52. The SMILES string of the molecule is COc1ccc(C23CCC(NC(=O)Nc4ccc(F)c(Cl)c4)CC2N(C(C)C)CC3)cc1OC. The number of carbonyl (C=O) groups excluding carboxylic acids is 1. The lowest BCUT2D eigenvalue weighted by Crippen LogP contribution is -2.54. The van der Waals surface area contributed by atoms with Crippen LogP contribution in [0.3, 0.4) is 0 Å². The summed E-state index contributed by atoms with van der Waals surface area (Å²) >= 11 is 5.84. The van der Waals surface area contributed by atoms with E-state index >= 15 is 0 Å². The van der Waals surface area contributed by atoms with Gasteiger partial charge in [0, 0.05) is 29.2 Å². The standard InChI is InChI=1S/C26H33ClFN3O3/c1-16(2)31-12-11-26(17-5-8-22(33-3)23(13-17)34-4)10-9-19(15-24(26)31)30-25(32)29-18-6-7-21(28)20(27)14-18/h5-8,13-14,16,19,24H,9-12,15H2,1-4H3,(H2,29,30,32). The number of anilines is 1. The van der Waals surface area contributed by atoms with Gasteiger partial charge in [0.1, 0.15) is 5.82 Å². The van der Waals surface area contributed by atoms with E-state index in [9.17, 15) is 9.18 Å². The molecule has 184 valence electrons. The van der Waals surface area contributed by atoms with Gasteiger partial charge in [-0.05, 0) is 82.0 Å². The van der Waals surface area contributed by atoms with Gasteiger partial charge in [0.05, 0.1) is 19.2 Å². The third kappa shape index (κ3) is 4.68. The van der Waals surface area contributed by atoms with Gasteiger partial charge in [-0.3, -0.25) is 4.90 Å². The second-order valence-corrected chi connectivity index (χ2v) is 9.93. The van der Waals surface area contributed by atoms with Crippen molar-refractivity contribution in [3.05, 3.63) is 52.8 Å². The Labute approximate surface area is 205 Å². The number of hydrogen-bond acceptors (Lipinski definition) is 4. The van der Waals surface area contributed by atoms with Crippen molar-refractivity contribution >= 4 is 23.3 Å². The Bertz CT molecular complexity index is 1050. The Hall–Kier alpha value is -2.51. The molecule has 2 aliphatic rings. The monoisotopic (exact) mass is 489 g/mol. The molecule has 0 aromatic heterocycles. The lowest BCUT2D eigenvalue weighted by Gasteiger charge is -2.46. The van der Waals surface area contributed by atoms with E-state index in [-0.39, 0.29) is 22.5 Å². The van der Waals surface area contributed by atoms with E-state index in [4.69, 9.17) is 21.1 Å². The maximum atomic E-state index is 13.4. The van der Waals surface area contributed by atoms with Crippen LogP contribution in [-0.2, 0) is 5.41 Å². The number of fused-ring (bicyclic) bond motifs is 1. The normalized spacial score (nSPS) is 24.6. The maximum Gasteiger partial charge on any atom is 0.319 e. The highest BCUT2D eigenvalue weighted by Crippen LogP contribution is 2.50. The first-order chi connectivity index (χ1) is 16.3. The predicted octanol–water partition coefficient (Wildman–Crippen LogP) is 5.59. The van der Waals surface area contributed by atoms with Crippen molar-refractivity contribution in [1.82, 2.24) is 10.2 Å². The summed E-state index contributed by atoms with van der Waals surface area (Å²) in [4.78, 5) is 15.2. The zero-order valence-electron chi connectivity index (χ0n) is 20.2. The Balaban J connectivity index is 1.52. The zero-order valence-corrected chi connectivity index (χ0v) is 20.9. The van der Waals surface area contributed by atoms with Crippen molar-refractivity contribution < 1.29 is 18.7 Å². The summed E-state index contributed by atoms with van der Waals surface area (Å²) in [5, 5.41) is 5.88.